The van der Waals surface area contributed by atoms with Crippen molar-refractivity contribution in [1.82, 2.24) is 10.6 Å². The summed E-state index contributed by atoms with van der Waals surface area (Å²) < 4.78 is 0. The van der Waals surface area contributed by atoms with E-state index in [1.54, 1.807) is 0 Å². The summed E-state index contributed by atoms with van der Waals surface area (Å²) >= 11 is 0. The zero-order chi connectivity index (χ0) is 21.2. The van der Waals surface area contributed by atoms with E-state index >= 15 is 0 Å². The van der Waals surface area contributed by atoms with Crippen LogP contribution in [0.4, 0.5) is 0 Å². The second kappa shape index (κ2) is 18.8. The molecule has 0 spiro atoms. The van der Waals surface area contributed by atoms with Gasteiger partial charge in [-0.15, -0.1) is 0 Å². The van der Waals surface area contributed by atoms with Crippen molar-refractivity contribution < 1.29 is 5.11 Å². The average molecular weight is 401 g/mol. The van der Waals surface area contributed by atoms with Gasteiger partial charge in [0.05, 0.1) is 6.10 Å². The lowest BCUT2D eigenvalue weighted by molar-refractivity contribution is 0.165. The smallest absolute Gasteiger partial charge is 0.0788 e. The van der Waals surface area contributed by atoms with Crippen LogP contribution in [0.15, 0.2) is 0 Å². The molecule has 7 N–H and O–H groups in total. The van der Waals surface area contributed by atoms with Crippen LogP contribution in [0.1, 0.15) is 79.1 Å². The van der Waals surface area contributed by atoms with Crippen LogP contribution in [0.25, 0.3) is 0 Å². The number of aliphatic hydroxyl groups is 1. The molecular weight excluding hydrogens is 348 g/mol. The maximum Gasteiger partial charge on any atom is 0.0788 e. The summed E-state index contributed by atoms with van der Waals surface area (Å²) in [6.07, 6.45) is 9.53. The molecule has 170 valence electrons. The van der Waals surface area contributed by atoms with Crippen LogP contribution < -0.4 is 22.1 Å². The van der Waals surface area contributed by atoms with Gasteiger partial charge in [-0.3, -0.25) is 0 Å². The molecule has 28 heavy (non-hydrogen) atoms. The van der Waals surface area contributed by atoms with Crippen LogP contribution in [0.2, 0.25) is 0 Å². The molecule has 0 aromatic rings. The fraction of sp³-hybridized carbons (Fsp3) is 1.00. The number of hydrogen-bond donors (Lipinski definition) is 5. The molecule has 0 rings (SSSR count). The summed E-state index contributed by atoms with van der Waals surface area (Å²) in [5.74, 6) is 2.67. The normalized spacial score (nSPS) is 17.2. The molecule has 0 aromatic carbocycles. The predicted octanol–water partition coefficient (Wildman–Crippen LogP) is 3.11. The number of hydrogen-bond acceptors (Lipinski definition) is 5. The SMILES string of the molecule is CCC(CN)CCCC(C)CNCC(O)CNCC(C)CCCC(CC)CN. The summed E-state index contributed by atoms with van der Waals surface area (Å²) in [6.45, 7) is 13.9. The van der Waals surface area contributed by atoms with E-state index in [1.165, 1.54) is 51.4 Å². The monoisotopic (exact) mass is 400 g/mol. The molecule has 4 unspecified atom stereocenters. The molecule has 0 amide bonds. The Morgan fingerprint density at radius 3 is 1.39 bits per heavy atom. The van der Waals surface area contributed by atoms with Crippen LogP contribution in [-0.2, 0) is 0 Å². The molecule has 0 radical (unpaired) electrons. The molecule has 0 fully saturated rings. The summed E-state index contributed by atoms with van der Waals surface area (Å²) in [4.78, 5) is 0. The van der Waals surface area contributed by atoms with Crippen molar-refractivity contribution in [2.45, 2.75) is 85.2 Å². The van der Waals surface area contributed by atoms with E-state index in [0.29, 0.717) is 36.8 Å². The van der Waals surface area contributed by atoms with Gasteiger partial charge in [-0.2, -0.15) is 0 Å². The van der Waals surface area contributed by atoms with Gasteiger partial charge in [-0.25, -0.2) is 0 Å². The van der Waals surface area contributed by atoms with Gasteiger partial charge >= 0.3 is 0 Å². The molecule has 0 aliphatic rings. The molecule has 0 heterocycles. The number of nitrogens with two attached hydrogens (primary N) is 2. The molecule has 0 bridgehead atoms. The maximum atomic E-state index is 10.1. The van der Waals surface area contributed by atoms with Gasteiger partial charge < -0.3 is 27.2 Å². The topological polar surface area (TPSA) is 96.3 Å². The predicted molar refractivity (Wildman–Crippen MR) is 123 cm³/mol. The molecule has 0 aliphatic carbocycles. The highest BCUT2D eigenvalue weighted by Gasteiger charge is 2.10. The highest BCUT2D eigenvalue weighted by Crippen LogP contribution is 2.15. The van der Waals surface area contributed by atoms with Gasteiger partial charge in [0.1, 0.15) is 0 Å². The second-order valence-electron chi connectivity index (χ2n) is 9.06. The lowest BCUT2D eigenvalue weighted by Crippen LogP contribution is -2.38. The van der Waals surface area contributed by atoms with Gasteiger partial charge in [-0.05, 0) is 75.5 Å². The van der Waals surface area contributed by atoms with Gasteiger partial charge in [0.25, 0.3) is 0 Å². The van der Waals surface area contributed by atoms with Crippen molar-refractivity contribution in [3.63, 3.8) is 0 Å². The minimum absolute atomic E-state index is 0.317. The first-order valence-corrected chi connectivity index (χ1v) is 12.0. The lowest BCUT2D eigenvalue weighted by Gasteiger charge is -2.19. The van der Waals surface area contributed by atoms with Gasteiger partial charge in [0.2, 0.25) is 0 Å². The Morgan fingerprint density at radius 2 is 1.07 bits per heavy atom. The standard InChI is InChI=1S/C23H52N4O/c1-5-21(13-24)11-7-9-19(3)15-26-17-23(28)18-27-16-20(4)10-8-12-22(6-2)14-25/h19-23,26-28H,5-18,24-25H2,1-4H3. The highest BCUT2D eigenvalue weighted by molar-refractivity contribution is 4.68. The van der Waals surface area contributed by atoms with E-state index < -0.39 is 0 Å². The molecule has 0 aliphatic heterocycles. The Bertz CT molecular complexity index is 292. The van der Waals surface area contributed by atoms with Crippen molar-refractivity contribution in [2.75, 3.05) is 39.3 Å². The van der Waals surface area contributed by atoms with Crippen molar-refractivity contribution in [2.24, 2.45) is 35.1 Å². The summed E-state index contributed by atoms with van der Waals surface area (Å²) in [5, 5.41) is 17.0. The summed E-state index contributed by atoms with van der Waals surface area (Å²) in [7, 11) is 0. The Kier molecular flexibility index (Phi) is 18.7. The summed E-state index contributed by atoms with van der Waals surface area (Å²) in [6, 6.07) is 0. The van der Waals surface area contributed by atoms with Crippen molar-refractivity contribution in [1.29, 1.82) is 0 Å². The van der Waals surface area contributed by atoms with Crippen LogP contribution in [-0.4, -0.2) is 50.5 Å². The second-order valence-corrected chi connectivity index (χ2v) is 9.06. The molecule has 5 heteroatoms. The molecule has 0 saturated heterocycles. The van der Waals surface area contributed by atoms with Gasteiger partial charge in [0, 0.05) is 13.1 Å². The first kappa shape index (κ1) is 27.8. The Balaban J connectivity index is 3.61. The lowest BCUT2D eigenvalue weighted by atomic mass is 9.96. The third-order valence-electron chi connectivity index (χ3n) is 6.19. The van der Waals surface area contributed by atoms with Crippen LogP contribution in [0.3, 0.4) is 0 Å². The van der Waals surface area contributed by atoms with E-state index in [4.69, 9.17) is 11.5 Å². The largest absolute Gasteiger partial charge is 0.390 e. The fourth-order valence-corrected chi connectivity index (χ4v) is 3.76. The van der Waals surface area contributed by atoms with E-state index in [1.807, 2.05) is 0 Å². The van der Waals surface area contributed by atoms with E-state index in [-0.39, 0.29) is 6.10 Å². The first-order chi connectivity index (χ1) is 13.5. The van der Waals surface area contributed by atoms with Crippen LogP contribution >= 0.6 is 0 Å². The number of nitrogens with one attached hydrogen (secondary N) is 2. The molecule has 0 saturated carbocycles. The van der Waals surface area contributed by atoms with Crippen molar-refractivity contribution >= 4 is 0 Å². The average Bonchev–Trinajstić information content (AvgIpc) is 2.68. The number of rotatable bonds is 20. The minimum atomic E-state index is -0.317. The van der Waals surface area contributed by atoms with E-state index in [2.05, 4.69) is 38.3 Å². The number of aliphatic hydroxyl groups excluding tert-OH is 1. The van der Waals surface area contributed by atoms with Crippen molar-refractivity contribution in [3.05, 3.63) is 0 Å². The quantitative estimate of drug-likeness (QED) is 0.216. The van der Waals surface area contributed by atoms with Crippen molar-refractivity contribution in [3.8, 4) is 0 Å². The molecule has 5 nitrogen and oxygen atoms in total. The molecule has 0 aromatic heterocycles. The van der Waals surface area contributed by atoms with Crippen LogP contribution in [0.5, 0.6) is 0 Å². The fourth-order valence-electron chi connectivity index (χ4n) is 3.76. The minimum Gasteiger partial charge on any atom is -0.390 e. The third kappa shape index (κ3) is 15.7. The van der Waals surface area contributed by atoms with Gasteiger partial charge in [0.15, 0.2) is 0 Å². The zero-order valence-corrected chi connectivity index (χ0v) is 19.4. The van der Waals surface area contributed by atoms with E-state index in [9.17, 15) is 5.11 Å². The Hall–Kier alpha value is -0.200. The Labute approximate surface area is 175 Å². The molecule has 4 atom stereocenters. The van der Waals surface area contributed by atoms with Gasteiger partial charge in [-0.1, -0.05) is 53.4 Å². The van der Waals surface area contributed by atoms with E-state index in [0.717, 1.165) is 26.2 Å². The molecular formula is C23H52N4O. The highest BCUT2D eigenvalue weighted by atomic mass is 16.3. The Morgan fingerprint density at radius 1 is 0.679 bits per heavy atom. The zero-order valence-electron chi connectivity index (χ0n) is 19.4. The van der Waals surface area contributed by atoms with Crippen LogP contribution in [0, 0.1) is 23.7 Å². The summed E-state index contributed by atoms with van der Waals surface area (Å²) in [5.41, 5.74) is 11.5. The first-order valence-electron chi connectivity index (χ1n) is 12.0. The maximum absolute atomic E-state index is 10.1. The third-order valence-corrected chi connectivity index (χ3v) is 6.19.